The predicted molar refractivity (Wildman–Crippen MR) is 87.5 cm³/mol. The van der Waals surface area contributed by atoms with Gasteiger partial charge >= 0.3 is 5.97 Å². The van der Waals surface area contributed by atoms with Crippen molar-refractivity contribution < 1.29 is 9.90 Å². The standard InChI is InChI=1S/C16H15N3O2S/c1-16(2)6-10-12(19-15(17)22-10)13-11(16)8-5-7(14(20)21)3-4-9(8)18-13/h3-5,18H,6H2,1-2H3,(H2,17,19)(H,20,21). The molecule has 6 heteroatoms. The molecule has 0 fully saturated rings. The van der Waals surface area contributed by atoms with Crippen LogP contribution in [0.5, 0.6) is 0 Å². The Labute approximate surface area is 130 Å². The summed E-state index contributed by atoms with van der Waals surface area (Å²) >= 11 is 1.53. The number of carboxylic acid groups (broad SMARTS) is 1. The van der Waals surface area contributed by atoms with Crippen molar-refractivity contribution >= 4 is 33.3 Å². The Morgan fingerprint density at radius 3 is 2.95 bits per heavy atom. The van der Waals surface area contributed by atoms with Crippen molar-refractivity contribution in [1.82, 2.24) is 9.97 Å². The number of benzene rings is 1. The summed E-state index contributed by atoms with van der Waals surface area (Å²) in [5, 5.41) is 10.8. The number of hydrogen-bond donors (Lipinski definition) is 3. The van der Waals surface area contributed by atoms with E-state index in [1.54, 1.807) is 12.1 Å². The smallest absolute Gasteiger partial charge is 0.335 e. The molecular formula is C16H15N3O2S. The Hall–Kier alpha value is -2.34. The van der Waals surface area contributed by atoms with Crippen molar-refractivity contribution in [3.05, 3.63) is 34.2 Å². The zero-order valence-electron chi connectivity index (χ0n) is 12.2. The van der Waals surface area contributed by atoms with Crippen LogP contribution in [-0.2, 0) is 11.8 Å². The van der Waals surface area contributed by atoms with Crippen LogP contribution in [0.15, 0.2) is 18.2 Å². The SMILES string of the molecule is CC1(C)Cc2sc(N)nc2-c2[nH]c3ccc(C(=O)O)cc3c21. The second-order valence-electron chi connectivity index (χ2n) is 6.33. The molecule has 1 aliphatic rings. The highest BCUT2D eigenvalue weighted by Crippen LogP contribution is 2.48. The maximum absolute atomic E-state index is 11.3. The number of H-pyrrole nitrogens is 1. The summed E-state index contributed by atoms with van der Waals surface area (Å²) in [5.41, 5.74) is 10.0. The van der Waals surface area contributed by atoms with Crippen molar-refractivity contribution in [3.8, 4) is 11.4 Å². The van der Waals surface area contributed by atoms with Crippen LogP contribution in [0.4, 0.5) is 5.13 Å². The van der Waals surface area contributed by atoms with E-state index in [0.29, 0.717) is 10.7 Å². The van der Waals surface area contributed by atoms with Gasteiger partial charge in [0.2, 0.25) is 0 Å². The molecule has 0 saturated carbocycles. The minimum atomic E-state index is -0.913. The molecule has 1 aliphatic carbocycles. The van der Waals surface area contributed by atoms with Crippen molar-refractivity contribution in [2.45, 2.75) is 25.7 Å². The second kappa shape index (κ2) is 4.10. The van der Waals surface area contributed by atoms with Crippen LogP contribution in [-0.4, -0.2) is 21.0 Å². The van der Waals surface area contributed by atoms with E-state index in [1.165, 1.54) is 16.2 Å². The number of nitrogens with one attached hydrogen (secondary N) is 1. The lowest BCUT2D eigenvalue weighted by Gasteiger charge is -2.29. The van der Waals surface area contributed by atoms with E-state index in [0.717, 1.165) is 34.3 Å². The number of hydrogen-bond acceptors (Lipinski definition) is 4. The first kappa shape index (κ1) is 13.3. The number of fused-ring (bicyclic) bond motifs is 5. The van der Waals surface area contributed by atoms with Gasteiger partial charge in [-0.05, 0) is 35.6 Å². The lowest BCUT2D eigenvalue weighted by Crippen LogP contribution is -2.24. The summed E-state index contributed by atoms with van der Waals surface area (Å²) < 4.78 is 0. The van der Waals surface area contributed by atoms with Crippen LogP contribution in [0, 0.1) is 0 Å². The van der Waals surface area contributed by atoms with E-state index in [9.17, 15) is 9.90 Å². The van der Waals surface area contributed by atoms with Crippen LogP contribution in [0.3, 0.4) is 0 Å². The molecule has 4 N–H and O–H groups in total. The van der Waals surface area contributed by atoms with Gasteiger partial charge in [-0.1, -0.05) is 13.8 Å². The third-order valence-electron chi connectivity index (χ3n) is 4.28. The first-order valence-electron chi connectivity index (χ1n) is 7.02. The summed E-state index contributed by atoms with van der Waals surface area (Å²) in [6, 6.07) is 5.19. The van der Waals surface area contributed by atoms with Crippen molar-refractivity contribution in [2.24, 2.45) is 0 Å². The van der Waals surface area contributed by atoms with Gasteiger partial charge < -0.3 is 15.8 Å². The Bertz CT molecular complexity index is 936. The summed E-state index contributed by atoms with van der Waals surface area (Å²) in [4.78, 5) is 20.3. The van der Waals surface area contributed by atoms with Gasteiger partial charge in [0.25, 0.3) is 0 Å². The monoisotopic (exact) mass is 313 g/mol. The van der Waals surface area contributed by atoms with E-state index < -0.39 is 5.97 Å². The average Bonchev–Trinajstić information content (AvgIpc) is 2.97. The van der Waals surface area contributed by atoms with Gasteiger partial charge in [0, 0.05) is 15.8 Å². The molecule has 22 heavy (non-hydrogen) atoms. The van der Waals surface area contributed by atoms with Gasteiger partial charge in [0.05, 0.1) is 11.3 Å². The molecule has 0 saturated heterocycles. The summed E-state index contributed by atoms with van der Waals surface area (Å²) in [5.74, 6) is -0.913. The molecule has 0 atom stereocenters. The molecular weight excluding hydrogens is 298 g/mol. The Morgan fingerprint density at radius 1 is 1.45 bits per heavy atom. The fourth-order valence-electron chi connectivity index (χ4n) is 3.38. The van der Waals surface area contributed by atoms with E-state index >= 15 is 0 Å². The van der Waals surface area contributed by atoms with E-state index in [2.05, 4.69) is 23.8 Å². The fourth-order valence-corrected chi connectivity index (χ4v) is 4.45. The maximum Gasteiger partial charge on any atom is 0.335 e. The largest absolute Gasteiger partial charge is 0.478 e. The minimum absolute atomic E-state index is 0.101. The Balaban J connectivity index is 2.09. The lowest BCUT2D eigenvalue weighted by molar-refractivity contribution is 0.0697. The van der Waals surface area contributed by atoms with Crippen LogP contribution in [0.25, 0.3) is 22.3 Å². The van der Waals surface area contributed by atoms with E-state index in [-0.39, 0.29) is 5.41 Å². The van der Waals surface area contributed by atoms with Gasteiger partial charge in [0.15, 0.2) is 5.13 Å². The van der Waals surface area contributed by atoms with E-state index in [1.807, 2.05) is 6.07 Å². The number of aromatic amines is 1. The molecule has 0 radical (unpaired) electrons. The summed E-state index contributed by atoms with van der Waals surface area (Å²) in [6.45, 7) is 4.34. The normalized spacial score (nSPS) is 15.5. The number of carboxylic acids is 1. The van der Waals surface area contributed by atoms with Gasteiger partial charge in [-0.25, -0.2) is 9.78 Å². The third kappa shape index (κ3) is 1.70. The van der Waals surface area contributed by atoms with E-state index in [4.69, 9.17) is 5.73 Å². The van der Waals surface area contributed by atoms with Crippen LogP contribution >= 0.6 is 11.3 Å². The van der Waals surface area contributed by atoms with Crippen LogP contribution in [0.1, 0.15) is 34.6 Å². The van der Waals surface area contributed by atoms with Gasteiger partial charge in [-0.2, -0.15) is 0 Å². The molecule has 0 amide bonds. The number of nitrogens with two attached hydrogens (primary N) is 1. The molecule has 3 aromatic rings. The number of nitrogens with zero attached hydrogens (tertiary/aromatic N) is 1. The Kier molecular flexibility index (Phi) is 2.49. The number of aromatic carboxylic acids is 1. The molecule has 0 aliphatic heterocycles. The van der Waals surface area contributed by atoms with Gasteiger partial charge in [0.1, 0.15) is 5.69 Å². The molecule has 5 nitrogen and oxygen atoms in total. The zero-order valence-corrected chi connectivity index (χ0v) is 13.0. The van der Waals surface area contributed by atoms with Crippen molar-refractivity contribution in [3.63, 3.8) is 0 Å². The molecule has 112 valence electrons. The van der Waals surface area contributed by atoms with Crippen LogP contribution < -0.4 is 5.73 Å². The quantitative estimate of drug-likeness (QED) is 0.642. The van der Waals surface area contributed by atoms with Gasteiger partial charge in [-0.3, -0.25) is 0 Å². The molecule has 0 spiro atoms. The highest BCUT2D eigenvalue weighted by molar-refractivity contribution is 7.15. The minimum Gasteiger partial charge on any atom is -0.478 e. The average molecular weight is 313 g/mol. The predicted octanol–water partition coefficient (Wildman–Crippen LogP) is 3.41. The van der Waals surface area contributed by atoms with Crippen LogP contribution in [0.2, 0.25) is 0 Å². The first-order valence-corrected chi connectivity index (χ1v) is 7.83. The topological polar surface area (TPSA) is 92.0 Å². The molecule has 0 unspecified atom stereocenters. The molecule has 2 aromatic heterocycles. The highest BCUT2D eigenvalue weighted by atomic mass is 32.1. The second-order valence-corrected chi connectivity index (χ2v) is 7.44. The highest BCUT2D eigenvalue weighted by Gasteiger charge is 2.36. The number of nitrogen functional groups attached to an aromatic ring is 1. The molecule has 2 heterocycles. The molecule has 1 aromatic carbocycles. The number of aromatic nitrogens is 2. The Morgan fingerprint density at radius 2 is 2.23 bits per heavy atom. The fraction of sp³-hybridized carbons (Fsp3) is 0.250. The third-order valence-corrected chi connectivity index (χ3v) is 5.16. The van der Waals surface area contributed by atoms with Crippen molar-refractivity contribution in [1.29, 1.82) is 0 Å². The zero-order chi connectivity index (χ0) is 15.6. The molecule has 4 rings (SSSR count). The van der Waals surface area contributed by atoms with Gasteiger partial charge in [-0.15, -0.1) is 11.3 Å². The van der Waals surface area contributed by atoms with Crippen molar-refractivity contribution in [2.75, 3.05) is 5.73 Å². The number of thiazole rings is 1. The maximum atomic E-state index is 11.3. The number of carbonyl (C=O) groups is 1. The number of rotatable bonds is 1. The summed E-state index contributed by atoms with van der Waals surface area (Å²) in [6.07, 6.45) is 0.856. The summed E-state index contributed by atoms with van der Waals surface area (Å²) in [7, 11) is 0. The lowest BCUT2D eigenvalue weighted by atomic mass is 9.75. The number of anilines is 1. The first-order chi connectivity index (χ1) is 10.4. The molecule has 0 bridgehead atoms.